The van der Waals surface area contributed by atoms with Gasteiger partial charge in [-0.1, -0.05) is 18.6 Å². The monoisotopic (exact) mass is 226 g/mol. The molecule has 0 amide bonds. The van der Waals surface area contributed by atoms with Crippen molar-refractivity contribution in [3.05, 3.63) is 24.3 Å². The molecule has 3 nitrogen and oxygen atoms in total. The summed E-state index contributed by atoms with van der Waals surface area (Å²) in [6.07, 6.45) is 2.57. The Balaban J connectivity index is 2.43. The summed E-state index contributed by atoms with van der Waals surface area (Å²) in [5.41, 5.74) is 0. The maximum absolute atomic E-state index is 12.1. The maximum atomic E-state index is 12.1. The minimum atomic E-state index is -3.17. The highest BCUT2D eigenvalue weighted by molar-refractivity contribution is 7.92. The van der Waals surface area contributed by atoms with Gasteiger partial charge in [0.2, 0.25) is 0 Å². The average molecular weight is 226 g/mol. The fourth-order valence-corrected chi connectivity index (χ4v) is 3.73. The molecule has 82 valence electrons. The second-order valence-corrected chi connectivity index (χ2v) is 5.95. The van der Waals surface area contributed by atoms with Gasteiger partial charge in [-0.25, -0.2) is 8.42 Å². The maximum Gasteiger partial charge on any atom is 0.184 e. The number of rotatable bonds is 3. The Kier molecular flexibility index (Phi) is 2.69. The van der Waals surface area contributed by atoms with Crippen molar-refractivity contribution in [2.24, 2.45) is 0 Å². The van der Waals surface area contributed by atoms with E-state index in [0.29, 0.717) is 10.6 Å². The zero-order chi connectivity index (χ0) is 10.9. The van der Waals surface area contributed by atoms with Crippen LogP contribution in [0.5, 0.6) is 5.75 Å². The van der Waals surface area contributed by atoms with Crippen LogP contribution in [0.3, 0.4) is 0 Å². The number of methoxy groups -OCH3 is 1. The van der Waals surface area contributed by atoms with Crippen molar-refractivity contribution in [2.75, 3.05) is 7.11 Å². The van der Waals surface area contributed by atoms with Gasteiger partial charge in [0.25, 0.3) is 0 Å². The molecule has 0 N–H and O–H groups in total. The molecule has 0 unspecified atom stereocenters. The summed E-state index contributed by atoms with van der Waals surface area (Å²) in [4.78, 5) is 0.331. The van der Waals surface area contributed by atoms with E-state index in [1.165, 1.54) is 7.11 Å². The zero-order valence-electron chi connectivity index (χ0n) is 8.64. The van der Waals surface area contributed by atoms with E-state index in [1.54, 1.807) is 24.3 Å². The van der Waals surface area contributed by atoms with Crippen LogP contribution in [0, 0.1) is 0 Å². The van der Waals surface area contributed by atoms with Crippen LogP contribution in [0.25, 0.3) is 0 Å². The van der Waals surface area contributed by atoms with E-state index in [0.717, 1.165) is 19.3 Å². The number of ether oxygens (including phenoxy) is 1. The van der Waals surface area contributed by atoms with E-state index in [2.05, 4.69) is 0 Å². The van der Waals surface area contributed by atoms with Gasteiger partial charge in [0.15, 0.2) is 9.84 Å². The van der Waals surface area contributed by atoms with E-state index >= 15 is 0 Å². The summed E-state index contributed by atoms with van der Waals surface area (Å²) in [6.45, 7) is 0. The third-order valence-electron chi connectivity index (χ3n) is 2.87. The number of para-hydroxylation sites is 1. The van der Waals surface area contributed by atoms with E-state index < -0.39 is 9.84 Å². The molecule has 1 aromatic rings. The molecule has 1 aliphatic rings. The topological polar surface area (TPSA) is 43.4 Å². The highest BCUT2D eigenvalue weighted by Crippen LogP contribution is 2.34. The Morgan fingerprint density at radius 2 is 1.93 bits per heavy atom. The zero-order valence-corrected chi connectivity index (χ0v) is 9.46. The average Bonchev–Trinajstić information content (AvgIpc) is 2.14. The lowest BCUT2D eigenvalue weighted by atomic mass is 10.00. The van der Waals surface area contributed by atoms with Gasteiger partial charge in [-0.05, 0) is 25.0 Å². The molecule has 4 heteroatoms. The summed E-state index contributed by atoms with van der Waals surface area (Å²) < 4.78 is 29.3. The minimum Gasteiger partial charge on any atom is -0.495 e. The van der Waals surface area contributed by atoms with Crippen LogP contribution in [0.15, 0.2) is 29.2 Å². The molecule has 15 heavy (non-hydrogen) atoms. The highest BCUT2D eigenvalue weighted by Gasteiger charge is 2.34. The lowest BCUT2D eigenvalue weighted by molar-refractivity contribution is 0.400. The predicted molar refractivity (Wildman–Crippen MR) is 57.8 cm³/mol. The molecule has 2 rings (SSSR count). The lowest BCUT2D eigenvalue weighted by Crippen LogP contribution is -2.28. The first kappa shape index (κ1) is 10.5. The largest absolute Gasteiger partial charge is 0.495 e. The third kappa shape index (κ3) is 1.74. The summed E-state index contributed by atoms with van der Waals surface area (Å²) in [5, 5.41) is -0.200. The predicted octanol–water partition coefficient (Wildman–Crippen LogP) is 2.02. The Labute approximate surface area is 90.0 Å². The second-order valence-electron chi connectivity index (χ2n) is 3.75. The fourth-order valence-electron chi connectivity index (χ4n) is 1.71. The van der Waals surface area contributed by atoms with Gasteiger partial charge in [-0.2, -0.15) is 0 Å². The summed E-state index contributed by atoms with van der Waals surface area (Å²) in [7, 11) is -1.67. The van der Waals surface area contributed by atoms with Crippen LogP contribution in [-0.2, 0) is 9.84 Å². The molecule has 1 aliphatic carbocycles. The molecule has 0 saturated heterocycles. The fraction of sp³-hybridized carbons (Fsp3) is 0.455. The molecule has 1 aromatic carbocycles. The first-order valence-electron chi connectivity index (χ1n) is 5.03. The quantitative estimate of drug-likeness (QED) is 0.792. The lowest BCUT2D eigenvalue weighted by Gasteiger charge is -2.25. The van der Waals surface area contributed by atoms with Crippen molar-refractivity contribution in [1.82, 2.24) is 0 Å². The van der Waals surface area contributed by atoms with Crippen molar-refractivity contribution in [3.63, 3.8) is 0 Å². The summed E-state index contributed by atoms with van der Waals surface area (Å²) in [5.74, 6) is 0.449. The summed E-state index contributed by atoms with van der Waals surface area (Å²) >= 11 is 0. The van der Waals surface area contributed by atoms with Crippen LogP contribution in [-0.4, -0.2) is 20.8 Å². The first-order chi connectivity index (χ1) is 7.16. The van der Waals surface area contributed by atoms with Crippen molar-refractivity contribution in [3.8, 4) is 5.75 Å². The SMILES string of the molecule is COc1ccccc1S(=O)(=O)C1CCC1. The highest BCUT2D eigenvalue weighted by atomic mass is 32.2. The van der Waals surface area contributed by atoms with Crippen molar-refractivity contribution in [1.29, 1.82) is 0 Å². The molecule has 0 aliphatic heterocycles. The Bertz CT molecular complexity index is 447. The molecule has 1 fully saturated rings. The smallest absolute Gasteiger partial charge is 0.184 e. The second kappa shape index (κ2) is 3.85. The normalized spacial score (nSPS) is 17.1. The van der Waals surface area contributed by atoms with E-state index in [-0.39, 0.29) is 5.25 Å². The summed E-state index contributed by atoms with van der Waals surface area (Å²) in [6, 6.07) is 6.81. The molecular formula is C11H14O3S. The van der Waals surface area contributed by atoms with Gasteiger partial charge >= 0.3 is 0 Å². The molecule has 0 atom stereocenters. The van der Waals surface area contributed by atoms with Gasteiger partial charge in [0.05, 0.1) is 12.4 Å². The van der Waals surface area contributed by atoms with Gasteiger partial charge in [0.1, 0.15) is 10.6 Å². The van der Waals surface area contributed by atoms with Crippen LogP contribution in [0.2, 0.25) is 0 Å². The minimum absolute atomic E-state index is 0.200. The number of hydrogen-bond donors (Lipinski definition) is 0. The van der Waals surface area contributed by atoms with Gasteiger partial charge in [-0.15, -0.1) is 0 Å². The number of sulfone groups is 1. The molecule has 0 heterocycles. The van der Waals surface area contributed by atoms with Gasteiger partial charge < -0.3 is 4.74 Å². The molecule has 1 saturated carbocycles. The third-order valence-corrected chi connectivity index (χ3v) is 5.17. The molecule has 0 radical (unpaired) electrons. The van der Waals surface area contributed by atoms with E-state index in [1.807, 2.05) is 0 Å². The van der Waals surface area contributed by atoms with Crippen LogP contribution in [0.1, 0.15) is 19.3 Å². The molecular weight excluding hydrogens is 212 g/mol. The Hall–Kier alpha value is -1.03. The van der Waals surface area contributed by atoms with Crippen molar-refractivity contribution < 1.29 is 13.2 Å². The molecule has 0 spiro atoms. The van der Waals surface area contributed by atoms with Crippen LogP contribution < -0.4 is 4.74 Å². The number of benzene rings is 1. The van der Waals surface area contributed by atoms with E-state index in [9.17, 15) is 8.42 Å². The van der Waals surface area contributed by atoms with Gasteiger partial charge in [-0.3, -0.25) is 0 Å². The van der Waals surface area contributed by atoms with Crippen molar-refractivity contribution in [2.45, 2.75) is 29.4 Å². The van der Waals surface area contributed by atoms with Crippen molar-refractivity contribution >= 4 is 9.84 Å². The first-order valence-corrected chi connectivity index (χ1v) is 6.58. The number of hydrogen-bond acceptors (Lipinski definition) is 3. The van der Waals surface area contributed by atoms with Crippen LogP contribution >= 0.6 is 0 Å². The van der Waals surface area contributed by atoms with Gasteiger partial charge in [0, 0.05) is 0 Å². The standard InChI is InChI=1S/C11H14O3S/c1-14-10-7-2-3-8-11(10)15(12,13)9-5-4-6-9/h2-3,7-9H,4-6H2,1H3. The van der Waals surface area contributed by atoms with Crippen LogP contribution in [0.4, 0.5) is 0 Å². The Morgan fingerprint density at radius 1 is 1.27 bits per heavy atom. The van der Waals surface area contributed by atoms with E-state index in [4.69, 9.17) is 4.74 Å². The molecule has 0 aromatic heterocycles. The Morgan fingerprint density at radius 3 is 2.47 bits per heavy atom. The molecule has 0 bridgehead atoms.